The largest absolute Gasteiger partial charge is 0.392 e. The van der Waals surface area contributed by atoms with E-state index in [4.69, 9.17) is 4.52 Å². The second kappa shape index (κ2) is 5.63. The lowest BCUT2D eigenvalue weighted by atomic mass is 9.98. The van der Waals surface area contributed by atoms with Crippen LogP contribution in [0.1, 0.15) is 51.2 Å². The Labute approximate surface area is 102 Å². The Morgan fingerprint density at radius 1 is 1.29 bits per heavy atom. The predicted octanol–water partition coefficient (Wildman–Crippen LogP) is 2.36. The van der Waals surface area contributed by atoms with Crippen LogP contribution in [0.4, 0.5) is 0 Å². The highest BCUT2D eigenvalue weighted by Gasteiger charge is 2.25. The maximum Gasteiger partial charge on any atom is 0.229 e. The number of nitrogens with zero attached hydrogens (tertiary/aromatic N) is 2. The van der Waals surface area contributed by atoms with Gasteiger partial charge in [0.15, 0.2) is 5.82 Å². The summed E-state index contributed by atoms with van der Waals surface area (Å²) in [6.07, 6.45) is 5.78. The Balaban J connectivity index is 1.87. The summed E-state index contributed by atoms with van der Waals surface area (Å²) in [5.41, 5.74) is 0. The van der Waals surface area contributed by atoms with E-state index in [0.29, 0.717) is 24.1 Å². The van der Waals surface area contributed by atoms with E-state index in [-0.39, 0.29) is 6.10 Å². The molecule has 2 rings (SSSR count). The summed E-state index contributed by atoms with van der Waals surface area (Å²) in [6, 6.07) is 0. The smallest absolute Gasteiger partial charge is 0.229 e. The zero-order chi connectivity index (χ0) is 12.3. The summed E-state index contributed by atoms with van der Waals surface area (Å²) in [7, 11) is 0. The summed E-state index contributed by atoms with van der Waals surface area (Å²) >= 11 is 0. The predicted molar refractivity (Wildman–Crippen MR) is 64.5 cm³/mol. The Morgan fingerprint density at radius 3 is 2.65 bits per heavy atom. The SMILES string of the molecule is CC(C)Cc1noc(CC(O)C2CCCC2)n1. The summed E-state index contributed by atoms with van der Waals surface area (Å²) < 4.78 is 5.17. The van der Waals surface area contributed by atoms with Gasteiger partial charge in [0.05, 0.1) is 12.5 Å². The van der Waals surface area contributed by atoms with Gasteiger partial charge in [-0.3, -0.25) is 0 Å². The molecule has 4 nitrogen and oxygen atoms in total. The summed E-state index contributed by atoms with van der Waals surface area (Å²) in [5, 5.41) is 14.0. The average Bonchev–Trinajstić information content (AvgIpc) is 2.87. The molecule has 1 saturated carbocycles. The summed E-state index contributed by atoms with van der Waals surface area (Å²) in [6.45, 7) is 4.26. The molecule has 0 amide bonds. The van der Waals surface area contributed by atoms with E-state index in [1.807, 2.05) is 0 Å². The number of hydrogen-bond acceptors (Lipinski definition) is 4. The molecule has 0 spiro atoms. The number of aromatic nitrogens is 2. The van der Waals surface area contributed by atoms with Gasteiger partial charge in [0.1, 0.15) is 0 Å². The zero-order valence-electron chi connectivity index (χ0n) is 10.7. The molecule has 0 radical (unpaired) electrons. The van der Waals surface area contributed by atoms with Crippen LogP contribution < -0.4 is 0 Å². The molecule has 17 heavy (non-hydrogen) atoms. The van der Waals surface area contributed by atoms with Crippen LogP contribution in [0.2, 0.25) is 0 Å². The van der Waals surface area contributed by atoms with Gasteiger partial charge in [-0.25, -0.2) is 0 Å². The molecule has 1 heterocycles. The lowest BCUT2D eigenvalue weighted by Crippen LogP contribution is -2.20. The van der Waals surface area contributed by atoms with Gasteiger partial charge in [-0.1, -0.05) is 31.8 Å². The van der Waals surface area contributed by atoms with Crippen molar-refractivity contribution in [2.45, 2.75) is 58.5 Å². The highest BCUT2D eigenvalue weighted by atomic mass is 16.5. The number of rotatable bonds is 5. The van der Waals surface area contributed by atoms with Gasteiger partial charge < -0.3 is 9.63 Å². The van der Waals surface area contributed by atoms with Crippen molar-refractivity contribution in [1.29, 1.82) is 0 Å². The van der Waals surface area contributed by atoms with Crippen molar-refractivity contribution in [1.82, 2.24) is 10.1 Å². The minimum Gasteiger partial charge on any atom is -0.392 e. The Hall–Kier alpha value is -0.900. The Bertz CT molecular complexity index is 343. The first-order valence-corrected chi connectivity index (χ1v) is 6.64. The van der Waals surface area contributed by atoms with Crippen molar-refractivity contribution in [3.8, 4) is 0 Å². The van der Waals surface area contributed by atoms with Crippen LogP contribution in [0.5, 0.6) is 0 Å². The lowest BCUT2D eigenvalue weighted by Gasteiger charge is -2.14. The van der Waals surface area contributed by atoms with Gasteiger partial charge >= 0.3 is 0 Å². The van der Waals surface area contributed by atoms with Crippen LogP contribution in [0, 0.1) is 11.8 Å². The van der Waals surface area contributed by atoms with Crippen molar-refractivity contribution < 1.29 is 9.63 Å². The summed E-state index contributed by atoms with van der Waals surface area (Å²) in [5.74, 6) is 2.30. The topological polar surface area (TPSA) is 59.2 Å². The first kappa shape index (κ1) is 12.6. The van der Waals surface area contributed by atoms with Crippen molar-refractivity contribution >= 4 is 0 Å². The zero-order valence-corrected chi connectivity index (χ0v) is 10.7. The Morgan fingerprint density at radius 2 is 2.00 bits per heavy atom. The minimum atomic E-state index is -0.315. The third-order valence-electron chi connectivity index (χ3n) is 3.43. The van der Waals surface area contributed by atoms with E-state index in [0.717, 1.165) is 25.1 Å². The van der Waals surface area contributed by atoms with Crippen LogP contribution in [0.25, 0.3) is 0 Å². The molecule has 1 atom stereocenters. The molecule has 1 aromatic rings. The van der Waals surface area contributed by atoms with Crippen LogP contribution in [-0.4, -0.2) is 21.4 Å². The second-order valence-electron chi connectivity index (χ2n) is 5.52. The fourth-order valence-corrected chi connectivity index (χ4v) is 2.51. The van der Waals surface area contributed by atoms with Crippen molar-refractivity contribution in [3.63, 3.8) is 0 Å². The fourth-order valence-electron chi connectivity index (χ4n) is 2.51. The van der Waals surface area contributed by atoms with Crippen LogP contribution in [-0.2, 0) is 12.8 Å². The van der Waals surface area contributed by atoms with Gasteiger partial charge in [-0.15, -0.1) is 0 Å². The fraction of sp³-hybridized carbons (Fsp3) is 0.846. The third-order valence-corrected chi connectivity index (χ3v) is 3.43. The number of aliphatic hydroxyl groups excluding tert-OH is 1. The van der Waals surface area contributed by atoms with E-state index in [2.05, 4.69) is 24.0 Å². The molecule has 1 aliphatic carbocycles. The second-order valence-corrected chi connectivity index (χ2v) is 5.52. The quantitative estimate of drug-likeness (QED) is 0.855. The number of hydrogen-bond donors (Lipinski definition) is 1. The molecule has 0 saturated heterocycles. The highest BCUT2D eigenvalue weighted by molar-refractivity contribution is 4.90. The molecule has 1 N–H and O–H groups in total. The van der Waals surface area contributed by atoms with Crippen molar-refractivity contribution in [2.75, 3.05) is 0 Å². The van der Waals surface area contributed by atoms with E-state index in [1.165, 1.54) is 12.8 Å². The normalized spacial score (nSPS) is 19.1. The highest BCUT2D eigenvalue weighted by Crippen LogP contribution is 2.28. The van der Waals surface area contributed by atoms with Gasteiger partial charge in [-0.2, -0.15) is 4.98 Å². The first-order valence-electron chi connectivity index (χ1n) is 6.64. The maximum atomic E-state index is 10.1. The minimum absolute atomic E-state index is 0.315. The van der Waals surface area contributed by atoms with E-state index < -0.39 is 0 Å². The van der Waals surface area contributed by atoms with Gasteiger partial charge in [0.2, 0.25) is 5.89 Å². The lowest BCUT2D eigenvalue weighted by molar-refractivity contribution is 0.102. The standard InChI is InChI=1S/C13H22N2O2/c1-9(2)7-12-14-13(17-15-12)8-11(16)10-5-3-4-6-10/h9-11,16H,3-8H2,1-2H3. The van der Waals surface area contributed by atoms with E-state index >= 15 is 0 Å². The van der Waals surface area contributed by atoms with Crippen molar-refractivity contribution in [3.05, 3.63) is 11.7 Å². The Kier molecular flexibility index (Phi) is 4.15. The molecule has 1 unspecified atom stereocenters. The molecule has 0 aromatic carbocycles. The molecule has 1 aromatic heterocycles. The van der Waals surface area contributed by atoms with Crippen LogP contribution >= 0.6 is 0 Å². The third kappa shape index (κ3) is 3.53. The first-order chi connectivity index (χ1) is 8.15. The van der Waals surface area contributed by atoms with Gasteiger partial charge in [0, 0.05) is 6.42 Å². The molecule has 1 fully saturated rings. The van der Waals surface area contributed by atoms with Gasteiger partial charge in [0.25, 0.3) is 0 Å². The van der Waals surface area contributed by atoms with E-state index in [9.17, 15) is 5.11 Å². The van der Waals surface area contributed by atoms with Gasteiger partial charge in [-0.05, 0) is 24.7 Å². The maximum absolute atomic E-state index is 10.1. The van der Waals surface area contributed by atoms with E-state index in [1.54, 1.807) is 0 Å². The van der Waals surface area contributed by atoms with Crippen molar-refractivity contribution in [2.24, 2.45) is 11.8 Å². The molecule has 0 bridgehead atoms. The molecule has 4 heteroatoms. The number of aliphatic hydroxyl groups is 1. The molecular formula is C13H22N2O2. The summed E-state index contributed by atoms with van der Waals surface area (Å²) in [4.78, 5) is 4.32. The molecule has 0 aliphatic heterocycles. The molecule has 1 aliphatic rings. The van der Waals surface area contributed by atoms with Crippen LogP contribution in [0.3, 0.4) is 0 Å². The molecular weight excluding hydrogens is 216 g/mol. The van der Waals surface area contributed by atoms with Crippen LogP contribution in [0.15, 0.2) is 4.52 Å². The average molecular weight is 238 g/mol. The molecule has 96 valence electrons. The monoisotopic (exact) mass is 238 g/mol.